The van der Waals surface area contributed by atoms with Crippen LogP contribution in [0.25, 0.3) is 6.08 Å². The van der Waals surface area contributed by atoms with E-state index < -0.39 is 35.5 Å². The molecule has 6 nitrogen and oxygen atoms in total. The van der Waals surface area contributed by atoms with Crippen LogP contribution in [-0.4, -0.2) is 57.3 Å². The van der Waals surface area contributed by atoms with Crippen molar-refractivity contribution in [2.75, 3.05) is 18.1 Å². The van der Waals surface area contributed by atoms with Crippen LogP contribution in [0.3, 0.4) is 0 Å². The van der Waals surface area contributed by atoms with E-state index in [0.717, 1.165) is 4.90 Å². The summed E-state index contributed by atoms with van der Waals surface area (Å²) in [7, 11) is 0. The van der Waals surface area contributed by atoms with Gasteiger partial charge < -0.3 is 10.4 Å². The van der Waals surface area contributed by atoms with E-state index in [1.165, 1.54) is 36.0 Å². The zero-order valence-corrected chi connectivity index (χ0v) is 14.6. The van der Waals surface area contributed by atoms with Crippen molar-refractivity contribution in [3.8, 4) is 0 Å². The molecule has 0 aromatic heterocycles. The normalized spacial score (nSPS) is 25.0. The molecule has 2 heterocycles. The smallest absolute Gasteiger partial charge is 0.294 e. The Hall–Kier alpha value is -1.84. The van der Waals surface area contributed by atoms with Gasteiger partial charge in [-0.1, -0.05) is 12.1 Å². The van der Waals surface area contributed by atoms with E-state index in [2.05, 4.69) is 5.32 Å². The van der Waals surface area contributed by atoms with Crippen LogP contribution in [0.1, 0.15) is 5.56 Å². The first-order valence-corrected chi connectivity index (χ1v) is 9.47. The Labute approximate surface area is 151 Å². The van der Waals surface area contributed by atoms with E-state index in [0.29, 0.717) is 28.8 Å². The van der Waals surface area contributed by atoms with Gasteiger partial charge in [0.05, 0.1) is 17.1 Å². The molecule has 132 valence electrons. The number of carbonyl (C=O) groups is 3. The summed E-state index contributed by atoms with van der Waals surface area (Å²) in [6.45, 7) is -0.404. The second kappa shape index (κ2) is 7.59. The molecule has 3 rings (SSSR count). The van der Waals surface area contributed by atoms with Gasteiger partial charge in [-0.15, -0.1) is 0 Å². The Bertz CT molecular complexity index is 755. The number of thioether (sulfide) groups is 2. The Morgan fingerprint density at radius 1 is 1.40 bits per heavy atom. The van der Waals surface area contributed by atoms with Crippen molar-refractivity contribution < 1.29 is 23.9 Å². The highest BCUT2D eigenvalue weighted by Gasteiger charge is 2.37. The van der Waals surface area contributed by atoms with Gasteiger partial charge in [0.2, 0.25) is 5.91 Å². The number of benzene rings is 1. The van der Waals surface area contributed by atoms with Gasteiger partial charge in [-0.25, -0.2) is 4.39 Å². The fourth-order valence-corrected chi connectivity index (χ4v) is 4.47. The molecule has 2 atom stereocenters. The molecule has 2 saturated heterocycles. The summed E-state index contributed by atoms with van der Waals surface area (Å²) in [5.41, 5.74) is 0.459. The first-order chi connectivity index (χ1) is 11.9. The summed E-state index contributed by atoms with van der Waals surface area (Å²) in [5, 5.41) is 11.8. The summed E-state index contributed by atoms with van der Waals surface area (Å²) in [4.78, 5) is 37.4. The second-order valence-electron chi connectivity index (χ2n) is 5.60. The molecule has 25 heavy (non-hydrogen) atoms. The molecule has 2 aliphatic heterocycles. The maximum absolute atomic E-state index is 13.2. The average Bonchev–Trinajstić information content (AvgIpc) is 3.06. The minimum atomic E-state index is -0.628. The maximum Gasteiger partial charge on any atom is 0.294 e. The number of hydrogen-bond acceptors (Lipinski definition) is 6. The number of imide groups is 1. The number of amides is 3. The van der Waals surface area contributed by atoms with Crippen molar-refractivity contribution in [3.63, 3.8) is 0 Å². The molecule has 2 N–H and O–H groups in total. The highest BCUT2D eigenvalue weighted by atomic mass is 32.2. The molecular formula is C16H15FN2O4S2. The number of nitrogens with one attached hydrogen (secondary N) is 1. The van der Waals surface area contributed by atoms with Crippen LogP contribution in [-0.2, 0) is 9.59 Å². The highest BCUT2D eigenvalue weighted by Crippen LogP contribution is 2.32. The minimum Gasteiger partial charge on any atom is -0.390 e. The molecular weight excluding hydrogens is 367 g/mol. The number of aliphatic hydroxyl groups excluding tert-OH is 1. The van der Waals surface area contributed by atoms with Crippen LogP contribution in [0.4, 0.5) is 9.18 Å². The second-order valence-corrected chi connectivity index (χ2v) is 7.67. The molecule has 3 amide bonds. The summed E-state index contributed by atoms with van der Waals surface area (Å²) < 4.78 is 13.2. The molecule has 2 aliphatic rings. The minimum absolute atomic E-state index is 0.139. The lowest BCUT2D eigenvalue weighted by Crippen LogP contribution is -2.47. The van der Waals surface area contributed by atoms with Gasteiger partial charge in [0, 0.05) is 11.5 Å². The van der Waals surface area contributed by atoms with Crippen LogP contribution in [0, 0.1) is 5.82 Å². The Balaban J connectivity index is 1.66. The summed E-state index contributed by atoms with van der Waals surface area (Å²) >= 11 is 2.23. The fourth-order valence-electron chi connectivity index (χ4n) is 2.46. The van der Waals surface area contributed by atoms with Gasteiger partial charge in [-0.3, -0.25) is 19.3 Å². The lowest BCUT2D eigenvalue weighted by atomic mass is 10.2. The molecule has 0 unspecified atom stereocenters. The topological polar surface area (TPSA) is 86.7 Å². The number of hydrogen-bond donors (Lipinski definition) is 2. The predicted octanol–water partition coefficient (Wildman–Crippen LogP) is 1.45. The molecule has 0 bridgehead atoms. The standard InChI is InChI=1S/C16H15FN2O4S2/c17-10-3-1-2-9(4-10)5-13-15(22)19(16(23)25-13)6-14(21)18-11-7-24-8-12(11)20/h1-5,11-12,20H,6-8H2,(H,18,21)/b13-5+/t11-,12+/m1/s1. The molecule has 0 radical (unpaired) electrons. The average molecular weight is 382 g/mol. The van der Waals surface area contributed by atoms with E-state index in [1.54, 1.807) is 6.07 Å². The van der Waals surface area contributed by atoms with Gasteiger partial charge in [0.15, 0.2) is 0 Å². The van der Waals surface area contributed by atoms with E-state index >= 15 is 0 Å². The van der Waals surface area contributed by atoms with Gasteiger partial charge in [-0.05, 0) is 35.5 Å². The van der Waals surface area contributed by atoms with Crippen molar-refractivity contribution in [3.05, 3.63) is 40.6 Å². The first-order valence-electron chi connectivity index (χ1n) is 7.50. The Kier molecular flexibility index (Phi) is 5.45. The van der Waals surface area contributed by atoms with Gasteiger partial charge in [-0.2, -0.15) is 11.8 Å². The van der Waals surface area contributed by atoms with Crippen molar-refractivity contribution in [1.29, 1.82) is 0 Å². The van der Waals surface area contributed by atoms with E-state index in [1.807, 2.05) is 0 Å². The zero-order chi connectivity index (χ0) is 18.0. The van der Waals surface area contributed by atoms with Gasteiger partial charge in [0.25, 0.3) is 11.1 Å². The van der Waals surface area contributed by atoms with Gasteiger partial charge >= 0.3 is 0 Å². The van der Waals surface area contributed by atoms with Crippen LogP contribution >= 0.6 is 23.5 Å². The quantitative estimate of drug-likeness (QED) is 0.767. The van der Waals surface area contributed by atoms with Crippen LogP contribution < -0.4 is 5.32 Å². The van der Waals surface area contributed by atoms with E-state index in [9.17, 15) is 23.9 Å². The Morgan fingerprint density at radius 2 is 2.20 bits per heavy atom. The fraction of sp³-hybridized carbons (Fsp3) is 0.312. The predicted molar refractivity (Wildman–Crippen MR) is 94.3 cm³/mol. The summed E-state index contributed by atoms with van der Waals surface area (Å²) in [6.07, 6.45) is 0.792. The van der Waals surface area contributed by atoms with E-state index in [4.69, 9.17) is 0 Å². The van der Waals surface area contributed by atoms with Crippen LogP contribution in [0.5, 0.6) is 0 Å². The monoisotopic (exact) mass is 382 g/mol. The number of rotatable bonds is 4. The number of carbonyl (C=O) groups excluding carboxylic acids is 3. The van der Waals surface area contributed by atoms with E-state index in [-0.39, 0.29) is 10.9 Å². The zero-order valence-electron chi connectivity index (χ0n) is 13.0. The molecule has 1 aromatic rings. The molecule has 0 aliphatic carbocycles. The Morgan fingerprint density at radius 3 is 2.88 bits per heavy atom. The molecule has 2 fully saturated rings. The largest absolute Gasteiger partial charge is 0.390 e. The lowest BCUT2D eigenvalue weighted by Gasteiger charge is -2.18. The highest BCUT2D eigenvalue weighted by molar-refractivity contribution is 8.18. The molecule has 0 saturated carbocycles. The third kappa shape index (κ3) is 4.23. The van der Waals surface area contributed by atoms with Crippen LogP contribution in [0.2, 0.25) is 0 Å². The molecule has 0 spiro atoms. The summed E-state index contributed by atoms with van der Waals surface area (Å²) in [5.74, 6) is -0.395. The van der Waals surface area contributed by atoms with Gasteiger partial charge in [0.1, 0.15) is 12.4 Å². The SMILES string of the molecule is O=C(CN1C(=O)S/C(=C/c2cccc(F)c2)C1=O)N[C@@H]1CSC[C@@H]1O. The third-order valence-corrected chi connectivity index (χ3v) is 5.80. The number of nitrogens with zero attached hydrogens (tertiary/aromatic N) is 1. The lowest BCUT2D eigenvalue weighted by molar-refractivity contribution is -0.129. The van der Waals surface area contributed by atoms with Crippen LogP contribution in [0.15, 0.2) is 29.2 Å². The van der Waals surface area contributed by atoms with Crippen molar-refractivity contribution in [2.45, 2.75) is 12.1 Å². The number of aliphatic hydroxyl groups is 1. The number of halogens is 1. The van der Waals surface area contributed by atoms with Crippen molar-refractivity contribution in [2.24, 2.45) is 0 Å². The first kappa shape index (κ1) is 18.0. The third-order valence-electron chi connectivity index (χ3n) is 3.72. The van der Waals surface area contributed by atoms with Crippen molar-refractivity contribution in [1.82, 2.24) is 10.2 Å². The molecule has 1 aromatic carbocycles. The van der Waals surface area contributed by atoms with Crippen molar-refractivity contribution >= 4 is 46.7 Å². The summed E-state index contributed by atoms with van der Waals surface area (Å²) in [6, 6.07) is 5.27. The molecule has 9 heteroatoms. The maximum atomic E-state index is 13.2.